The number of nitrogens with one attached hydrogen (secondary N) is 1. The van der Waals surface area contributed by atoms with Crippen LogP contribution in [0.2, 0.25) is 0 Å². The van der Waals surface area contributed by atoms with Gasteiger partial charge < -0.3 is 20.3 Å². The van der Waals surface area contributed by atoms with Gasteiger partial charge in [-0.05, 0) is 83.5 Å². The molecule has 1 amide bonds. The van der Waals surface area contributed by atoms with E-state index in [0.29, 0.717) is 19.4 Å². The molecule has 0 radical (unpaired) electrons. The zero-order chi connectivity index (χ0) is 47.9. The summed E-state index contributed by atoms with van der Waals surface area (Å²) in [5.74, 6) is -0.0837. The van der Waals surface area contributed by atoms with Crippen LogP contribution in [0.3, 0.4) is 0 Å². The molecule has 0 bridgehead atoms. The van der Waals surface area contributed by atoms with Gasteiger partial charge in [0, 0.05) is 12.8 Å². The van der Waals surface area contributed by atoms with Gasteiger partial charge in [-0.2, -0.15) is 0 Å². The Bertz CT molecular complexity index is 1070. The lowest BCUT2D eigenvalue weighted by Crippen LogP contribution is -2.45. The first-order valence-corrected chi connectivity index (χ1v) is 29.3. The number of hydrogen-bond acceptors (Lipinski definition) is 5. The maximum Gasteiger partial charge on any atom is 0.305 e. The second kappa shape index (κ2) is 55.7. The van der Waals surface area contributed by atoms with E-state index >= 15 is 0 Å². The first-order chi connectivity index (χ1) is 32.5. The highest BCUT2D eigenvalue weighted by molar-refractivity contribution is 5.76. The van der Waals surface area contributed by atoms with Gasteiger partial charge in [0.05, 0.1) is 25.4 Å². The predicted molar refractivity (Wildman–Crippen MR) is 287 cm³/mol. The molecule has 6 nitrogen and oxygen atoms in total. The van der Waals surface area contributed by atoms with Crippen molar-refractivity contribution in [2.24, 2.45) is 0 Å². The van der Waals surface area contributed by atoms with E-state index in [1.165, 1.54) is 225 Å². The molecule has 0 aliphatic carbocycles. The molecule has 66 heavy (non-hydrogen) atoms. The molecule has 0 spiro atoms. The van der Waals surface area contributed by atoms with Crippen LogP contribution in [-0.4, -0.2) is 47.4 Å². The molecule has 0 aromatic rings. The summed E-state index contributed by atoms with van der Waals surface area (Å²) in [7, 11) is 0. The van der Waals surface area contributed by atoms with E-state index in [1.807, 2.05) is 6.08 Å². The zero-order valence-corrected chi connectivity index (χ0v) is 44.2. The average molecular weight is 929 g/mol. The fraction of sp³-hybridized carbons (Fsp3) is 0.867. The Labute approximate surface area is 411 Å². The molecule has 0 aromatic carbocycles. The molecule has 0 aliphatic heterocycles. The Morgan fingerprint density at radius 1 is 0.409 bits per heavy atom. The number of hydrogen-bond donors (Lipinski definition) is 3. The maximum atomic E-state index is 12.4. The van der Waals surface area contributed by atoms with Crippen molar-refractivity contribution in [1.29, 1.82) is 0 Å². The molecular weight excluding hydrogens is 815 g/mol. The zero-order valence-electron chi connectivity index (χ0n) is 44.2. The van der Waals surface area contributed by atoms with Crippen molar-refractivity contribution in [3.63, 3.8) is 0 Å². The van der Waals surface area contributed by atoms with Crippen LogP contribution in [0.15, 0.2) is 36.5 Å². The van der Waals surface area contributed by atoms with E-state index in [2.05, 4.69) is 43.5 Å². The molecule has 2 unspecified atom stereocenters. The molecule has 6 heteroatoms. The Morgan fingerprint density at radius 2 is 0.712 bits per heavy atom. The number of carbonyl (C=O) groups excluding carboxylic acids is 2. The number of unbranched alkanes of at least 4 members (excludes halogenated alkanes) is 39. The minimum Gasteiger partial charge on any atom is -0.466 e. The Balaban J connectivity index is 3.45. The lowest BCUT2D eigenvalue weighted by molar-refractivity contribution is -0.143. The number of aliphatic hydroxyl groups is 2. The molecule has 0 saturated heterocycles. The molecule has 0 saturated carbocycles. The van der Waals surface area contributed by atoms with E-state index in [4.69, 9.17) is 4.74 Å². The second-order valence-corrected chi connectivity index (χ2v) is 20.0. The van der Waals surface area contributed by atoms with E-state index in [1.54, 1.807) is 6.08 Å². The summed E-state index contributed by atoms with van der Waals surface area (Å²) in [6, 6.07) is -0.637. The highest BCUT2D eigenvalue weighted by atomic mass is 16.5. The van der Waals surface area contributed by atoms with Crippen LogP contribution in [0.1, 0.15) is 309 Å². The standard InChI is InChI=1S/C60H113NO5/c1-3-5-7-9-11-13-15-17-18-19-23-26-30-34-38-42-46-50-54-60(65)66-55-51-47-43-39-35-31-27-24-21-20-22-25-29-33-37-41-45-49-53-59(64)61-57(56-62)58(63)52-48-44-40-36-32-28-16-14-12-10-8-6-4-2/h18-19,22,25,48,52,57-58,62-63H,3-17,20-21,23-24,26-47,49-51,53-56H2,1-2H3,(H,61,64)/b19-18-,25-22-,52-48+. The minimum absolute atomic E-state index is 0.00103. The van der Waals surface area contributed by atoms with Crippen LogP contribution < -0.4 is 5.32 Å². The Kier molecular flexibility index (Phi) is 54.1. The SMILES string of the molecule is CCCCCCCCC/C=C\CCCCCCCCCC(=O)OCCCCCCCCCCC/C=C\CCCCCCCC(=O)NC(CO)C(O)/C=C/CCCCCCCCCCCCC. The van der Waals surface area contributed by atoms with E-state index < -0.39 is 12.1 Å². The summed E-state index contributed by atoms with van der Waals surface area (Å²) in [5, 5.41) is 23.0. The highest BCUT2D eigenvalue weighted by Crippen LogP contribution is 2.16. The summed E-state index contributed by atoms with van der Waals surface area (Å²) in [5.41, 5.74) is 0. The van der Waals surface area contributed by atoms with E-state index in [9.17, 15) is 19.8 Å². The Hall–Kier alpha value is -1.92. The normalized spacial score (nSPS) is 12.8. The first-order valence-electron chi connectivity index (χ1n) is 29.3. The van der Waals surface area contributed by atoms with Crippen LogP contribution in [0.4, 0.5) is 0 Å². The fourth-order valence-electron chi connectivity index (χ4n) is 8.86. The first kappa shape index (κ1) is 64.1. The van der Waals surface area contributed by atoms with Crippen LogP contribution in [0, 0.1) is 0 Å². The molecule has 0 fully saturated rings. The molecule has 0 aromatic heterocycles. The summed E-state index contributed by atoms with van der Waals surface area (Å²) >= 11 is 0. The molecule has 2 atom stereocenters. The van der Waals surface area contributed by atoms with E-state index in [-0.39, 0.29) is 18.5 Å². The second-order valence-electron chi connectivity index (χ2n) is 20.0. The van der Waals surface area contributed by atoms with Gasteiger partial charge in [-0.3, -0.25) is 9.59 Å². The van der Waals surface area contributed by atoms with Crippen LogP contribution in [0.5, 0.6) is 0 Å². The summed E-state index contributed by atoms with van der Waals surface area (Å²) in [4.78, 5) is 24.5. The van der Waals surface area contributed by atoms with Gasteiger partial charge in [0.1, 0.15) is 0 Å². The third kappa shape index (κ3) is 51.5. The monoisotopic (exact) mass is 928 g/mol. The summed E-state index contributed by atoms with van der Waals surface area (Å²) < 4.78 is 5.48. The molecular formula is C60H113NO5. The van der Waals surface area contributed by atoms with Crippen molar-refractivity contribution in [2.45, 2.75) is 321 Å². The third-order valence-electron chi connectivity index (χ3n) is 13.4. The highest BCUT2D eigenvalue weighted by Gasteiger charge is 2.18. The van der Waals surface area contributed by atoms with Gasteiger partial charge in [-0.15, -0.1) is 0 Å². The van der Waals surface area contributed by atoms with Crippen LogP contribution >= 0.6 is 0 Å². The number of allylic oxidation sites excluding steroid dienone is 5. The van der Waals surface area contributed by atoms with Gasteiger partial charge in [0.2, 0.25) is 5.91 Å². The van der Waals surface area contributed by atoms with Crippen molar-refractivity contribution in [3.05, 3.63) is 36.5 Å². The molecule has 3 N–H and O–H groups in total. The summed E-state index contributed by atoms with van der Waals surface area (Å²) in [6.45, 7) is 4.88. The minimum atomic E-state index is -0.852. The predicted octanol–water partition coefficient (Wildman–Crippen LogP) is 18.0. The molecule has 388 valence electrons. The quantitative estimate of drug-likeness (QED) is 0.0321. The van der Waals surface area contributed by atoms with Gasteiger partial charge in [0.25, 0.3) is 0 Å². The van der Waals surface area contributed by atoms with Gasteiger partial charge >= 0.3 is 5.97 Å². The van der Waals surface area contributed by atoms with Gasteiger partial charge in [-0.1, -0.05) is 249 Å². The number of ether oxygens (including phenoxy) is 1. The van der Waals surface area contributed by atoms with Crippen LogP contribution in [0.25, 0.3) is 0 Å². The summed E-state index contributed by atoms with van der Waals surface area (Å²) in [6.07, 6.45) is 68.8. The molecule has 0 aliphatic rings. The van der Waals surface area contributed by atoms with Crippen LogP contribution in [-0.2, 0) is 14.3 Å². The number of carbonyl (C=O) groups is 2. The van der Waals surface area contributed by atoms with Crippen molar-refractivity contribution in [3.8, 4) is 0 Å². The largest absolute Gasteiger partial charge is 0.466 e. The number of amides is 1. The van der Waals surface area contributed by atoms with Gasteiger partial charge in [-0.25, -0.2) is 0 Å². The number of aliphatic hydroxyl groups excluding tert-OH is 2. The van der Waals surface area contributed by atoms with Gasteiger partial charge in [0.15, 0.2) is 0 Å². The van der Waals surface area contributed by atoms with E-state index in [0.717, 1.165) is 57.8 Å². The van der Waals surface area contributed by atoms with Crippen molar-refractivity contribution in [2.75, 3.05) is 13.2 Å². The van der Waals surface area contributed by atoms with Crippen molar-refractivity contribution in [1.82, 2.24) is 5.32 Å². The average Bonchev–Trinajstić information content (AvgIpc) is 3.32. The topological polar surface area (TPSA) is 95.9 Å². The lowest BCUT2D eigenvalue weighted by atomic mass is 10.0. The van der Waals surface area contributed by atoms with Crippen molar-refractivity contribution >= 4 is 11.9 Å². The lowest BCUT2D eigenvalue weighted by Gasteiger charge is -2.20. The fourth-order valence-corrected chi connectivity index (χ4v) is 8.86. The number of esters is 1. The number of rotatable bonds is 54. The maximum absolute atomic E-state index is 12.4. The van der Waals surface area contributed by atoms with Crippen molar-refractivity contribution < 1.29 is 24.5 Å². The third-order valence-corrected chi connectivity index (χ3v) is 13.4. The smallest absolute Gasteiger partial charge is 0.305 e. The Morgan fingerprint density at radius 3 is 1.08 bits per heavy atom. The molecule has 0 rings (SSSR count). The molecule has 0 heterocycles.